The zero-order valence-corrected chi connectivity index (χ0v) is 13.4. The van der Waals surface area contributed by atoms with Crippen molar-refractivity contribution in [3.8, 4) is 0 Å². The number of thiol groups is 1. The van der Waals surface area contributed by atoms with E-state index in [2.05, 4.69) is 37.0 Å². The second kappa shape index (κ2) is 7.32. The first kappa shape index (κ1) is 15.6. The van der Waals surface area contributed by atoms with Crippen LogP contribution in [-0.4, -0.2) is 5.91 Å². The van der Waals surface area contributed by atoms with Gasteiger partial charge in [-0.1, -0.05) is 31.5 Å². The summed E-state index contributed by atoms with van der Waals surface area (Å²) in [6, 6.07) is 13.7. The van der Waals surface area contributed by atoms with Crippen molar-refractivity contribution < 1.29 is 4.79 Å². The molecule has 0 aromatic heterocycles. The molecular weight excluding hydrogens is 278 g/mol. The molecule has 0 aliphatic heterocycles. The normalized spacial score (nSPS) is 10.4. The number of hydrogen-bond donors (Lipinski definition) is 2. The highest BCUT2D eigenvalue weighted by molar-refractivity contribution is 7.80. The molecule has 0 aliphatic rings. The zero-order valence-electron chi connectivity index (χ0n) is 12.5. The van der Waals surface area contributed by atoms with Crippen LogP contribution < -0.4 is 5.32 Å². The number of benzene rings is 2. The number of unbranched alkanes of at least 4 members (excludes halogenated alkanes) is 1. The summed E-state index contributed by atoms with van der Waals surface area (Å²) in [4.78, 5) is 13.1. The molecule has 2 rings (SSSR count). The van der Waals surface area contributed by atoms with Crippen LogP contribution in [0.4, 0.5) is 5.69 Å². The lowest BCUT2D eigenvalue weighted by Gasteiger charge is -2.09. The smallest absolute Gasteiger partial charge is 0.255 e. The van der Waals surface area contributed by atoms with E-state index in [-0.39, 0.29) is 5.91 Å². The second-order valence-corrected chi connectivity index (χ2v) is 5.77. The van der Waals surface area contributed by atoms with Gasteiger partial charge in [0.2, 0.25) is 0 Å². The summed E-state index contributed by atoms with van der Waals surface area (Å²) in [5.41, 5.74) is 3.75. The van der Waals surface area contributed by atoms with Crippen molar-refractivity contribution in [2.75, 3.05) is 5.32 Å². The molecule has 0 radical (unpaired) electrons. The van der Waals surface area contributed by atoms with E-state index >= 15 is 0 Å². The lowest BCUT2D eigenvalue weighted by atomic mass is 10.1. The lowest BCUT2D eigenvalue weighted by molar-refractivity contribution is 0.102. The van der Waals surface area contributed by atoms with Crippen LogP contribution in [0.25, 0.3) is 0 Å². The molecule has 0 bridgehead atoms. The molecule has 0 atom stereocenters. The Balaban J connectivity index is 2.07. The number of aryl methyl sites for hydroxylation is 2. The van der Waals surface area contributed by atoms with E-state index in [4.69, 9.17) is 0 Å². The fourth-order valence-electron chi connectivity index (χ4n) is 2.19. The van der Waals surface area contributed by atoms with Crippen molar-refractivity contribution in [2.24, 2.45) is 0 Å². The first-order valence-electron chi connectivity index (χ1n) is 7.30. The Morgan fingerprint density at radius 1 is 1.14 bits per heavy atom. The summed E-state index contributed by atoms with van der Waals surface area (Å²) in [6.07, 6.45) is 3.48. The van der Waals surface area contributed by atoms with Gasteiger partial charge in [0.15, 0.2) is 0 Å². The third kappa shape index (κ3) is 4.36. The van der Waals surface area contributed by atoms with Gasteiger partial charge < -0.3 is 5.32 Å². The first-order chi connectivity index (χ1) is 10.1. The Morgan fingerprint density at radius 3 is 2.52 bits per heavy atom. The van der Waals surface area contributed by atoms with E-state index < -0.39 is 0 Å². The first-order valence-corrected chi connectivity index (χ1v) is 7.75. The van der Waals surface area contributed by atoms with Gasteiger partial charge in [0.05, 0.1) is 0 Å². The number of anilines is 1. The molecule has 2 aromatic rings. The highest BCUT2D eigenvalue weighted by atomic mass is 32.1. The number of rotatable bonds is 5. The van der Waals surface area contributed by atoms with Crippen LogP contribution in [0.15, 0.2) is 47.4 Å². The van der Waals surface area contributed by atoms with Crippen LogP contribution >= 0.6 is 12.6 Å². The molecule has 3 heteroatoms. The van der Waals surface area contributed by atoms with Crippen LogP contribution in [0, 0.1) is 6.92 Å². The molecule has 0 saturated carbocycles. The van der Waals surface area contributed by atoms with Gasteiger partial charge in [0.1, 0.15) is 0 Å². The molecule has 0 saturated heterocycles. The Hall–Kier alpha value is -1.74. The van der Waals surface area contributed by atoms with Crippen molar-refractivity contribution in [1.29, 1.82) is 0 Å². The van der Waals surface area contributed by atoms with E-state index in [0.717, 1.165) is 22.6 Å². The van der Waals surface area contributed by atoms with Gasteiger partial charge in [-0.2, -0.15) is 0 Å². The van der Waals surface area contributed by atoms with Crippen molar-refractivity contribution in [3.63, 3.8) is 0 Å². The minimum Gasteiger partial charge on any atom is -0.322 e. The second-order valence-electron chi connectivity index (χ2n) is 5.25. The van der Waals surface area contributed by atoms with Crippen molar-refractivity contribution in [2.45, 2.75) is 38.0 Å². The van der Waals surface area contributed by atoms with Crippen molar-refractivity contribution in [3.05, 3.63) is 59.2 Å². The van der Waals surface area contributed by atoms with E-state index in [1.807, 2.05) is 31.2 Å². The highest BCUT2D eigenvalue weighted by Crippen LogP contribution is 2.17. The quantitative estimate of drug-likeness (QED) is 0.757. The summed E-state index contributed by atoms with van der Waals surface area (Å²) in [5, 5.41) is 2.94. The molecule has 2 aromatic carbocycles. The van der Waals surface area contributed by atoms with Crippen LogP contribution in [0.2, 0.25) is 0 Å². The standard InChI is InChI=1S/C18H21NOS/c1-3-4-5-14-7-9-15(10-8-14)19-18(20)17-12-16(21)11-6-13(17)2/h6-12,21H,3-5H2,1-2H3,(H,19,20). The molecule has 2 nitrogen and oxygen atoms in total. The maximum atomic E-state index is 12.3. The van der Waals surface area contributed by atoms with Gasteiger partial charge in [0.25, 0.3) is 5.91 Å². The van der Waals surface area contributed by atoms with E-state index in [9.17, 15) is 4.79 Å². The maximum Gasteiger partial charge on any atom is 0.255 e. The third-order valence-corrected chi connectivity index (χ3v) is 3.77. The largest absolute Gasteiger partial charge is 0.322 e. The SMILES string of the molecule is CCCCc1ccc(NC(=O)c2cc(S)ccc2C)cc1. The fourth-order valence-corrected chi connectivity index (χ4v) is 2.39. The molecule has 21 heavy (non-hydrogen) atoms. The van der Waals surface area contributed by atoms with Gasteiger partial charge >= 0.3 is 0 Å². The number of hydrogen-bond acceptors (Lipinski definition) is 2. The van der Waals surface area contributed by atoms with Gasteiger partial charge in [0, 0.05) is 16.1 Å². The van der Waals surface area contributed by atoms with Gasteiger partial charge in [-0.3, -0.25) is 4.79 Å². The van der Waals surface area contributed by atoms with Gasteiger partial charge in [-0.15, -0.1) is 12.6 Å². The average molecular weight is 299 g/mol. The molecular formula is C18H21NOS. The van der Waals surface area contributed by atoms with E-state index in [1.54, 1.807) is 6.07 Å². The number of amides is 1. The van der Waals surface area contributed by atoms with Crippen LogP contribution in [0.5, 0.6) is 0 Å². The summed E-state index contributed by atoms with van der Waals surface area (Å²) in [5.74, 6) is -0.0929. The van der Waals surface area contributed by atoms with E-state index in [0.29, 0.717) is 5.56 Å². The summed E-state index contributed by atoms with van der Waals surface area (Å²) in [6.45, 7) is 4.11. The van der Waals surface area contributed by atoms with Crippen molar-refractivity contribution in [1.82, 2.24) is 0 Å². The molecule has 1 N–H and O–H groups in total. The average Bonchev–Trinajstić information content (AvgIpc) is 2.49. The number of nitrogens with one attached hydrogen (secondary N) is 1. The Labute approximate surface area is 132 Å². The highest BCUT2D eigenvalue weighted by Gasteiger charge is 2.09. The molecule has 110 valence electrons. The summed E-state index contributed by atoms with van der Waals surface area (Å²) >= 11 is 4.29. The molecule has 0 aliphatic carbocycles. The predicted octanol–water partition coefficient (Wildman–Crippen LogP) is 4.88. The van der Waals surface area contributed by atoms with Crippen molar-refractivity contribution >= 4 is 24.2 Å². The molecule has 0 spiro atoms. The predicted molar refractivity (Wildman–Crippen MR) is 91.4 cm³/mol. The number of carbonyl (C=O) groups excluding carboxylic acids is 1. The van der Waals surface area contributed by atoms with E-state index in [1.165, 1.54) is 18.4 Å². The van der Waals surface area contributed by atoms with Gasteiger partial charge in [-0.05, 0) is 55.2 Å². The Kier molecular flexibility index (Phi) is 5.45. The minimum absolute atomic E-state index is 0.0929. The third-order valence-electron chi connectivity index (χ3n) is 3.50. The van der Waals surface area contributed by atoms with Crippen LogP contribution in [-0.2, 0) is 6.42 Å². The Bertz CT molecular complexity index is 620. The maximum absolute atomic E-state index is 12.3. The molecule has 0 fully saturated rings. The summed E-state index contributed by atoms with van der Waals surface area (Å²) < 4.78 is 0. The van der Waals surface area contributed by atoms with Gasteiger partial charge in [-0.25, -0.2) is 0 Å². The number of carbonyl (C=O) groups is 1. The summed E-state index contributed by atoms with van der Waals surface area (Å²) in [7, 11) is 0. The fraction of sp³-hybridized carbons (Fsp3) is 0.278. The Morgan fingerprint density at radius 2 is 1.86 bits per heavy atom. The topological polar surface area (TPSA) is 29.1 Å². The zero-order chi connectivity index (χ0) is 15.2. The lowest BCUT2D eigenvalue weighted by Crippen LogP contribution is -2.13. The minimum atomic E-state index is -0.0929. The van der Waals surface area contributed by atoms with Crippen LogP contribution in [0.3, 0.4) is 0 Å². The molecule has 0 heterocycles. The monoisotopic (exact) mass is 299 g/mol. The molecule has 1 amide bonds. The van der Waals surface area contributed by atoms with Crippen LogP contribution in [0.1, 0.15) is 41.3 Å². The molecule has 0 unspecified atom stereocenters.